The van der Waals surface area contributed by atoms with E-state index in [1.54, 1.807) is 17.7 Å². The Bertz CT molecular complexity index is 769. The number of amides is 1. The lowest BCUT2D eigenvalue weighted by molar-refractivity contribution is -0.120. The molecule has 0 saturated heterocycles. The molecule has 0 bridgehead atoms. The van der Waals surface area contributed by atoms with E-state index in [0.29, 0.717) is 0 Å². The van der Waals surface area contributed by atoms with Crippen LogP contribution in [0, 0.1) is 0 Å². The fourth-order valence-electron chi connectivity index (χ4n) is 2.99. The molecule has 1 amide bonds. The molecular weight excluding hydrogens is 350 g/mol. The van der Waals surface area contributed by atoms with Gasteiger partial charge in [0.15, 0.2) is 0 Å². The van der Waals surface area contributed by atoms with E-state index in [1.165, 1.54) is 47.9 Å². The molecule has 134 valence electrons. The lowest BCUT2D eigenvalue weighted by Crippen LogP contribution is -2.31. The topological polar surface area (TPSA) is 54.9 Å². The van der Waals surface area contributed by atoms with E-state index in [0.717, 1.165) is 34.6 Å². The van der Waals surface area contributed by atoms with E-state index in [4.69, 9.17) is 0 Å². The lowest BCUT2D eigenvalue weighted by atomic mass is 9.97. The highest BCUT2D eigenvalue weighted by Crippen LogP contribution is 2.32. The number of carbonyl (C=O) groups excluding carboxylic acids is 1. The number of nitrogens with zero attached hydrogens (tertiary/aromatic N) is 2. The van der Waals surface area contributed by atoms with Gasteiger partial charge in [0, 0.05) is 16.8 Å². The van der Waals surface area contributed by atoms with Crippen molar-refractivity contribution in [3.8, 4) is 0 Å². The van der Waals surface area contributed by atoms with Crippen LogP contribution in [0.15, 0.2) is 29.1 Å². The molecule has 0 aromatic carbocycles. The van der Waals surface area contributed by atoms with Crippen molar-refractivity contribution in [3.63, 3.8) is 0 Å². The molecule has 0 fully saturated rings. The quantitative estimate of drug-likeness (QED) is 0.431. The Morgan fingerprint density at radius 1 is 1.40 bits per heavy atom. The highest BCUT2D eigenvalue weighted by molar-refractivity contribution is 8.00. The molecule has 2 heterocycles. The molecule has 2 aromatic heterocycles. The lowest BCUT2D eigenvalue weighted by Gasteiger charge is -2.15. The predicted molar refractivity (Wildman–Crippen MR) is 106 cm³/mol. The van der Waals surface area contributed by atoms with Crippen LogP contribution in [0.2, 0.25) is 0 Å². The largest absolute Gasteiger partial charge is 0.355 e. The third kappa shape index (κ3) is 4.82. The standard InChI is InChI=1S/C19H25N3OS2/c1-3-15-11-16-18(21-12-22-19(16)25-15)24-13(2)17(23)20-10-9-14-7-5-4-6-8-14/h7,11-13H,3-6,8-10H2,1-2H3,(H,20,23). The maximum atomic E-state index is 12.4. The van der Waals surface area contributed by atoms with Gasteiger partial charge in [0.25, 0.3) is 0 Å². The summed E-state index contributed by atoms with van der Waals surface area (Å²) in [6.45, 7) is 4.82. The Kier molecular flexibility index (Phi) is 6.48. The summed E-state index contributed by atoms with van der Waals surface area (Å²) in [6.07, 6.45) is 10.9. The van der Waals surface area contributed by atoms with Gasteiger partial charge < -0.3 is 5.32 Å². The van der Waals surface area contributed by atoms with Crippen LogP contribution in [0.5, 0.6) is 0 Å². The van der Waals surface area contributed by atoms with Gasteiger partial charge in [-0.05, 0) is 51.5 Å². The fourth-order valence-corrected chi connectivity index (χ4v) is 4.91. The second-order valence-electron chi connectivity index (χ2n) is 6.37. The summed E-state index contributed by atoms with van der Waals surface area (Å²) in [6, 6.07) is 2.16. The summed E-state index contributed by atoms with van der Waals surface area (Å²) in [5, 5.41) is 4.88. The first-order valence-corrected chi connectivity index (χ1v) is 10.7. The highest BCUT2D eigenvalue weighted by Gasteiger charge is 2.18. The maximum Gasteiger partial charge on any atom is 0.233 e. The van der Waals surface area contributed by atoms with Gasteiger partial charge >= 0.3 is 0 Å². The van der Waals surface area contributed by atoms with Gasteiger partial charge in [-0.3, -0.25) is 4.79 Å². The molecule has 0 spiro atoms. The van der Waals surface area contributed by atoms with Crippen LogP contribution in [0.4, 0.5) is 0 Å². The van der Waals surface area contributed by atoms with E-state index in [2.05, 4.69) is 34.4 Å². The Balaban J connectivity index is 1.56. The number of hydrogen-bond donors (Lipinski definition) is 1. The van der Waals surface area contributed by atoms with Gasteiger partial charge in [-0.15, -0.1) is 11.3 Å². The number of thioether (sulfide) groups is 1. The first-order chi connectivity index (χ1) is 12.2. The molecule has 1 atom stereocenters. The number of hydrogen-bond acceptors (Lipinski definition) is 5. The average molecular weight is 376 g/mol. The molecule has 0 aliphatic heterocycles. The Hall–Kier alpha value is -1.40. The minimum Gasteiger partial charge on any atom is -0.355 e. The van der Waals surface area contributed by atoms with Crippen LogP contribution in [0.25, 0.3) is 10.2 Å². The number of fused-ring (bicyclic) bond motifs is 1. The normalized spacial score (nSPS) is 15.8. The monoisotopic (exact) mass is 375 g/mol. The number of aryl methyl sites for hydroxylation is 1. The first kappa shape index (κ1) is 18.4. The Labute approximate surface area is 157 Å². The summed E-state index contributed by atoms with van der Waals surface area (Å²) in [7, 11) is 0. The van der Waals surface area contributed by atoms with Gasteiger partial charge in [0.2, 0.25) is 5.91 Å². The summed E-state index contributed by atoms with van der Waals surface area (Å²) in [5.74, 6) is 0.0825. The van der Waals surface area contributed by atoms with Gasteiger partial charge in [0.1, 0.15) is 16.2 Å². The second-order valence-corrected chi connectivity index (χ2v) is 8.82. The van der Waals surface area contributed by atoms with Crippen LogP contribution in [0.1, 0.15) is 50.8 Å². The average Bonchev–Trinajstić information content (AvgIpc) is 3.07. The summed E-state index contributed by atoms with van der Waals surface area (Å²) < 4.78 is 0. The highest BCUT2D eigenvalue weighted by atomic mass is 32.2. The van der Waals surface area contributed by atoms with E-state index in [-0.39, 0.29) is 11.2 Å². The molecule has 3 rings (SSSR count). The molecule has 0 saturated carbocycles. The molecule has 1 unspecified atom stereocenters. The fraction of sp³-hybridized carbons (Fsp3) is 0.526. The number of thiophene rings is 1. The van der Waals surface area contributed by atoms with Crippen molar-refractivity contribution in [2.75, 3.05) is 6.54 Å². The summed E-state index contributed by atoms with van der Waals surface area (Å²) in [4.78, 5) is 23.5. The van der Waals surface area contributed by atoms with Crippen molar-refractivity contribution < 1.29 is 4.79 Å². The van der Waals surface area contributed by atoms with Crippen LogP contribution in [-0.4, -0.2) is 27.7 Å². The number of allylic oxidation sites excluding steroid dienone is 1. The second kappa shape index (κ2) is 8.81. The number of aromatic nitrogens is 2. The minimum atomic E-state index is -0.164. The number of nitrogens with one attached hydrogen (secondary N) is 1. The smallest absolute Gasteiger partial charge is 0.233 e. The SMILES string of the molecule is CCc1cc2c(SC(C)C(=O)NCCC3=CCCCC3)ncnc2s1. The molecule has 4 nitrogen and oxygen atoms in total. The first-order valence-electron chi connectivity index (χ1n) is 9.03. The molecule has 6 heteroatoms. The molecule has 1 aliphatic rings. The van der Waals surface area contributed by atoms with E-state index >= 15 is 0 Å². The zero-order chi connectivity index (χ0) is 17.6. The van der Waals surface area contributed by atoms with Gasteiger partial charge in [-0.2, -0.15) is 0 Å². The van der Waals surface area contributed by atoms with E-state index in [1.807, 2.05) is 6.92 Å². The van der Waals surface area contributed by atoms with Crippen molar-refractivity contribution in [1.29, 1.82) is 0 Å². The van der Waals surface area contributed by atoms with E-state index in [9.17, 15) is 4.79 Å². The van der Waals surface area contributed by atoms with E-state index < -0.39 is 0 Å². The Morgan fingerprint density at radius 3 is 3.04 bits per heavy atom. The number of carbonyl (C=O) groups is 1. The predicted octanol–water partition coefficient (Wildman–Crippen LogP) is 4.74. The third-order valence-corrected chi connectivity index (χ3v) is 6.78. The molecular formula is C19H25N3OS2. The summed E-state index contributed by atoms with van der Waals surface area (Å²) >= 11 is 3.23. The third-order valence-electron chi connectivity index (χ3n) is 4.48. The van der Waals surface area contributed by atoms with Crippen molar-refractivity contribution in [2.24, 2.45) is 0 Å². The zero-order valence-electron chi connectivity index (χ0n) is 14.9. The summed E-state index contributed by atoms with van der Waals surface area (Å²) in [5.41, 5.74) is 1.50. The van der Waals surface area contributed by atoms with Crippen molar-refractivity contribution in [1.82, 2.24) is 15.3 Å². The molecule has 0 radical (unpaired) electrons. The van der Waals surface area contributed by atoms with Gasteiger partial charge in [-0.25, -0.2) is 9.97 Å². The van der Waals surface area contributed by atoms with Crippen LogP contribution >= 0.6 is 23.1 Å². The Morgan fingerprint density at radius 2 is 2.28 bits per heavy atom. The molecule has 1 N–H and O–H groups in total. The van der Waals surface area contributed by atoms with Crippen molar-refractivity contribution in [2.45, 2.75) is 62.6 Å². The van der Waals surface area contributed by atoms with Crippen LogP contribution < -0.4 is 5.32 Å². The van der Waals surface area contributed by atoms with Crippen molar-refractivity contribution in [3.05, 3.63) is 28.9 Å². The van der Waals surface area contributed by atoms with Crippen molar-refractivity contribution >= 4 is 39.2 Å². The molecule has 2 aromatic rings. The molecule has 25 heavy (non-hydrogen) atoms. The van der Waals surface area contributed by atoms with Gasteiger partial charge in [-0.1, -0.05) is 30.3 Å². The number of rotatable bonds is 7. The van der Waals surface area contributed by atoms with Gasteiger partial charge in [0.05, 0.1) is 5.25 Å². The minimum absolute atomic E-state index is 0.0825. The van der Waals surface area contributed by atoms with Crippen LogP contribution in [0.3, 0.4) is 0 Å². The maximum absolute atomic E-state index is 12.4. The molecule has 1 aliphatic carbocycles. The van der Waals surface area contributed by atoms with Crippen LogP contribution in [-0.2, 0) is 11.2 Å². The zero-order valence-corrected chi connectivity index (χ0v) is 16.5.